The summed E-state index contributed by atoms with van der Waals surface area (Å²) in [6.45, 7) is 0.841. The van der Waals surface area contributed by atoms with E-state index in [9.17, 15) is 4.79 Å². The summed E-state index contributed by atoms with van der Waals surface area (Å²) in [5.74, 6) is 0. The Labute approximate surface area is 144 Å². The number of hydrogen-bond acceptors (Lipinski definition) is 5. The lowest BCUT2D eigenvalue weighted by Crippen LogP contribution is -2.28. The second kappa shape index (κ2) is 7.70. The highest BCUT2D eigenvalue weighted by Gasteiger charge is 2.05. The van der Waals surface area contributed by atoms with Gasteiger partial charge in [0.2, 0.25) is 0 Å². The Bertz CT molecular complexity index is 881. The van der Waals surface area contributed by atoms with Crippen molar-refractivity contribution >= 4 is 11.7 Å². The van der Waals surface area contributed by atoms with Crippen LogP contribution in [-0.2, 0) is 13.1 Å². The fraction of sp³-hybridized carbons (Fsp3) is 0.118. The van der Waals surface area contributed by atoms with Crippen LogP contribution in [0.1, 0.15) is 16.8 Å². The number of benzene rings is 1. The number of anilines is 1. The van der Waals surface area contributed by atoms with Gasteiger partial charge in [0.05, 0.1) is 42.3 Å². The Morgan fingerprint density at radius 2 is 2.08 bits per heavy atom. The molecule has 8 nitrogen and oxygen atoms in total. The summed E-state index contributed by atoms with van der Waals surface area (Å²) in [5.41, 5.74) is 2.89. The quantitative estimate of drug-likeness (QED) is 0.741. The van der Waals surface area contributed by atoms with E-state index in [2.05, 4.69) is 32.0 Å². The van der Waals surface area contributed by atoms with Crippen molar-refractivity contribution in [2.24, 2.45) is 0 Å². The molecule has 25 heavy (non-hydrogen) atoms. The van der Waals surface area contributed by atoms with Crippen molar-refractivity contribution in [3.63, 3.8) is 0 Å². The molecule has 124 valence electrons. The lowest BCUT2D eigenvalue weighted by atomic mass is 10.1. The summed E-state index contributed by atoms with van der Waals surface area (Å²) in [7, 11) is 0. The van der Waals surface area contributed by atoms with E-state index in [4.69, 9.17) is 5.26 Å². The van der Waals surface area contributed by atoms with Crippen LogP contribution >= 0.6 is 0 Å². The smallest absolute Gasteiger partial charge is 0.319 e. The van der Waals surface area contributed by atoms with Crippen molar-refractivity contribution in [1.29, 1.82) is 5.26 Å². The number of carbonyl (C=O) groups is 1. The zero-order chi connectivity index (χ0) is 17.5. The highest BCUT2D eigenvalue weighted by molar-refractivity contribution is 5.88. The van der Waals surface area contributed by atoms with Crippen molar-refractivity contribution in [2.75, 3.05) is 5.32 Å². The minimum absolute atomic E-state index is 0.291. The van der Waals surface area contributed by atoms with Crippen LogP contribution in [0.3, 0.4) is 0 Å². The first-order valence-electron chi connectivity index (χ1n) is 7.56. The highest BCUT2D eigenvalue weighted by atomic mass is 16.2. The first kappa shape index (κ1) is 16.1. The number of amides is 2. The van der Waals surface area contributed by atoms with Crippen LogP contribution in [0, 0.1) is 11.3 Å². The van der Waals surface area contributed by atoms with E-state index >= 15 is 0 Å². The Hall–Kier alpha value is -3.73. The fourth-order valence-electron chi connectivity index (χ4n) is 2.16. The topological polar surface area (TPSA) is 109 Å². The zero-order valence-electron chi connectivity index (χ0n) is 13.3. The van der Waals surface area contributed by atoms with Crippen molar-refractivity contribution in [3.05, 3.63) is 71.8 Å². The minimum atomic E-state index is -0.344. The number of rotatable bonds is 5. The molecule has 8 heteroatoms. The van der Waals surface area contributed by atoms with E-state index in [1.807, 2.05) is 12.1 Å². The van der Waals surface area contributed by atoms with Gasteiger partial charge in [0.1, 0.15) is 0 Å². The molecule has 0 spiro atoms. The van der Waals surface area contributed by atoms with E-state index in [0.717, 1.165) is 5.56 Å². The van der Waals surface area contributed by atoms with Crippen molar-refractivity contribution < 1.29 is 4.79 Å². The van der Waals surface area contributed by atoms with Gasteiger partial charge in [0.15, 0.2) is 0 Å². The van der Waals surface area contributed by atoms with Gasteiger partial charge in [-0.2, -0.15) is 20.6 Å². The van der Waals surface area contributed by atoms with E-state index in [0.29, 0.717) is 30.0 Å². The molecule has 1 aromatic carbocycles. The molecule has 0 atom stereocenters. The molecule has 0 aliphatic heterocycles. The third kappa shape index (κ3) is 4.62. The third-order valence-electron chi connectivity index (χ3n) is 3.38. The number of carbonyl (C=O) groups excluding carboxylic acids is 1. The number of urea groups is 1. The number of nitrogens with zero attached hydrogens (tertiary/aromatic N) is 5. The van der Waals surface area contributed by atoms with Crippen LogP contribution in [0.15, 0.2) is 55.0 Å². The average Bonchev–Trinajstić information content (AvgIpc) is 3.08. The maximum atomic E-state index is 11.9. The Balaban J connectivity index is 1.52. The summed E-state index contributed by atoms with van der Waals surface area (Å²) >= 11 is 0. The third-order valence-corrected chi connectivity index (χ3v) is 3.38. The summed E-state index contributed by atoms with van der Waals surface area (Å²) in [6.07, 6.45) is 4.89. The molecule has 0 saturated heterocycles. The first-order valence-corrected chi connectivity index (χ1v) is 7.56. The van der Waals surface area contributed by atoms with Gasteiger partial charge in [-0.25, -0.2) is 4.79 Å². The Kier molecular flexibility index (Phi) is 4.97. The number of hydrogen-bond donors (Lipinski definition) is 2. The van der Waals surface area contributed by atoms with Gasteiger partial charge in [-0.3, -0.25) is 4.68 Å². The molecule has 2 N–H and O–H groups in total. The van der Waals surface area contributed by atoms with Crippen molar-refractivity contribution in [1.82, 2.24) is 25.3 Å². The number of nitriles is 1. The molecule has 0 fully saturated rings. The normalized spacial score (nSPS) is 10.0. The molecule has 0 bridgehead atoms. The Morgan fingerprint density at radius 3 is 2.80 bits per heavy atom. The fourth-order valence-corrected chi connectivity index (χ4v) is 2.16. The van der Waals surface area contributed by atoms with Crippen LogP contribution in [-0.4, -0.2) is 26.0 Å². The van der Waals surface area contributed by atoms with Crippen LogP contribution in [0.5, 0.6) is 0 Å². The standard InChI is InChI=1S/C17H15N7O/c18-8-13-3-5-14(6-4-13)11-24-12-16(10-21-24)22-17(25)19-9-15-2-1-7-20-23-15/h1-7,10,12H,9,11H2,(H2,19,22,25). The Morgan fingerprint density at radius 1 is 1.24 bits per heavy atom. The van der Waals surface area contributed by atoms with Crippen molar-refractivity contribution in [2.45, 2.75) is 13.1 Å². The summed E-state index contributed by atoms with van der Waals surface area (Å²) in [6, 6.07) is 12.6. The van der Waals surface area contributed by atoms with E-state index in [1.54, 1.807) is 47.5 Å². The molecular weight excluding hydrogens is 318 g/mol. The molecule has 2 heterocycles. The second-order valence-corrected chi connectivity index (χ2v) is 5.26. The number of aromatic nitrogens is 4. The average molecular weight is 333 g/mol. The minimum Gasteiger partial charge on any atom is -0.332 e. The van der Waals surface area contributed by atoms with Crippen LogP contribution in [0.2, 0.25) is 0 Å². The molecule has 0 saturated carbocycles. The van der Waals surface area contributed by atoms with Gasteiger partial charge in [-0.15, -0.1) is 0 Å². The van der Waals surface area contributed by atoms with Gasteiger partial charge in [-0.1, -0.05) is 12.1 Å². The summed E-state index contributed by atoms with van der Waals surface area (Å²) in [4.78, 5) is 11.9. The lowest BCUT2D eigenvalue weighted by molar-refractivity contribution is 0.251. The molecule has 2 aromatic heterocycles. The first-order chi connectivity index (χ1) is 12.2. The molecule has 0 aliphatic carbocycles. The van der Waals surface area contributed by atoms with E-state index in [1.165, 1.54) is 0 Å². The summed E-state index contributed by atoms with van der Waals surface area (Å²) < 4.78 is 1.71. The maximum Gasteiger partial charge on any atom is 0.319 e. The maximum absolute atomic E-state index is 11.9. The van der Waals surface area contributed by atoms with E-state index in [-0.39, 0.29) is 6.03 Å². The summed E-state index contributed by atoms with van der Waals surface area (Å²) in [5, 5.41) is 26.1. The molecule has 2 amide bonds. The van der Waals surface area contributed by atoms with Gasteiger partial charge >= 0.3 is 6.03 Å². The number of nitrogens with one attached hydrogen (secondary N) is 2. The largest absolute Gasteiger partial charge is 0.332 e. The van der Waals surface area contributed by atoms with E-state index < -0.39 is 0 Å². The van der Waals surface area contributed by atoms with Gasteiger partial charge in [-0.05, 0) is 29.8 Å². The monoisotopic (exact) mass is 333 g/mol. The molecule has 3 rings (SSSR count). The van der Waals surface area contributed by atoms with Crippen LogP contribution in [0.25, 0.3) is 0 Å². The molecular formula is C17H15N7O. The van der Waals surface area contributed by atoms with Gasteiger partial charge < -0.3 is 10.6 Å². The SMILES string of the molecule is N#Cc1ccc(Cn2cc(NC(=O)NCc3cccnn3)cn2)cc1. The molecule has 0 radical (unpaired) electrons. The second-order valence-electron chi connectivity index (χ2n) is 5.26. The van der Waals surface area contributed by atoms with Crippen molar-refractivity contribution in [3.8, 4) is 6.07 Å². The molecule has 3 aromatic rings. The van der Waals surface area contributed by atoms with Crippen LogP contribution < -0.4 is 10.6 Å². The van der Waals surface area contributed by atoms with Crippen LogP contribution in [0.4, 0.5) is 10.5 Å². The highest BCUT2D eigenvalue weighted by Crippen LogP contribution is 2.09. The van der Waals surface area contributed by atoms with Gasteiger partial charge in [0, 0.05) is 12.4 Å². The zero-order valence-corrected chi connectivity index (χ0v) is 13.3. The van der Waals surface area contributed by atoms with Gasteiger partial charge in [0.25, 0.3) is 0 Å². The molecule has 0 unspecified atom stereocenters. The predicted octanol–water partition coefficient (Wildman–Crippen LogP) is 1.91. The predicted molar refractivity (Wildman–Crippen MR) is 90.4 cm³/mol. The molecule has 0 aliphatic rings. The lowest BCUT2D eigenvalue weighted by Gasteiger charge is -2.05.